The van der Waals surface area contributed by atoms with Gasteiger partial charge in [0, 0.05) is 68.6 Å². The molecule has 0 aliphatic heterocycles. The largest absolute Gasteiger partial charge is 0.508 e. The molecule has 0 fully saturated rings. The number of nitrogens with zero attached hydrogens (tertiary/aromatic N) is 6. The summed E-state index contributed by atoms with van der Waals surface area (Å²) in [5, 5.41) is 56.8. The minimum absolute atomic E-state index is 0.0424. The highest BCUT2D eigenvalue weighted by atomic mass is 32.2. The van der Waals surface area contributed by atoms with Gasteiger partial charge in [-0.3, -0.25) is 24.0 Å². The molecule has 8 N–H and O–H groups in total. The van der Waals surface area contributed by atoms with Crippen molar-refractivity contribution in [2.75, 3.05) is 144 Å². The molecule has 556 valence electrons. The average molecular weight is 1460 g/mol. The molecule has 0 saturated heterocycles. The Balaban J connectivity index is 0.581. The number of carbonyl (C=O) groups is 4. The summed E-state index contributed by atoms with van der Waals surface area (Å²) in [4.78, 5) is 73.3. The molecule has 7 aromatic carbocycles. The van der Waals surface area contributed by atoms with Crippen LogP contribution in [-0.4, -0.2) is 206 Å². The maximum atomic E-state index is 13.4. The molecule has 0 aliphatic rings. The summed E-state index contributed by atoms with van der Waals surface area (Å²) in [6.07, 6.45) is 1.69. The number of anilines is 1. The fourth-order valence-corrected chi connectivity index (χ4v) is 11.4. The van der Waals surface area contributed by atoms with Crippen LogP contribution >= 0.6 is 0 Å². The number of sulfone groups is 1. The summed E-state index contributed by atoms with van der Waals surface area (Å²) in [7, 11) is -2.49. The highest BCUT2D eigenvalue weighted by molar-refractivity contribution is 8.06. The zero-order valence-electron chi connectivity index (χ0n) is 58.0. The van der Waals surface area contributed by atoms with Crippen molar-refractivity contribution in [3.8, 4) is 28.4 Å². The smallest absolute Gasteiger partial charge is 0.341 e. The summed E-state index contributed by atoms with van der Waals surface area (Å²) in [6.45, 7) is 6.80. The second kappa shape index (κ2) is 41.6. The minimum atomic E-state index is -4.36. The number of nitrogens with one attached hydrogen (secondary N) is 5. The van der Waals surface area contributed by atoms with Gasteiger partial charge in [0.05, 0.1) is 133 Å². The van der Waals surface area contributed by atoms with Gasteiger partial charge in [-0.1, -0.05) is 36.4 Å². The van der Waals surface area contributed by atoms with Crippen LogP contribution < -0.4 is 31.7 Å². The summed E-state index contributed by atoms with van der Waals surface area (Å²) >= 11 is 0. The van der Waals surface area contributed by atoms with E-state index in [1.807, 2.05) is 42.3 Å². The molecule has 9 aromatic rings. The molecule has 31 heteroatoms. The molecule has 4 amide bonds. The lowest BCUT2D eigenvalue weighted by Gasteiger charge is -2.20. The number of phenols is 3. The Bertz CT molecular complexity index is 4490. The summed E-state index contributed by atoms with van der Waals surface area (Å²) < 4.78 is 74.7. The number of aromatic nitrogens is 4. The summed E-state index contributed by atoms with van der Waals surface area (Å²) in [5.41, 5.74) is 6.98. The Morgan fingerprint density at radius 3 is 1.57 bits per heavy atom. The van der Waals surface area contributed by atoms with Crippen molar-refractivity contribution in [1.82, 2.24) is 41.5 Å². The van der Waals surface area contributed by atoms with E-state index in [1.165, 1.54) is 36.4 Å². The topological polar surface area (TPSA) is 398 Å². The first kappa shape index (κ1) is 78.5. The SMILES string of the molecule is CN(Cc1cccc2nc(C(=O)NCCc3ccc(O)c(-c4cc(CCNC(=O)c5ccc6nonc6c5)ccc4O)c3)c(=O)[nH]c12)c1ccc(N=Nc2ccc(S(=O)(=O)C(=O)NCCOCCOCCOCCOCCOCCOCCOCCOCCC(=O)NCCc3ccc(O)cc3)cc2)cc1. The Hall–Kier alpha value is -10.6. The first-order valence-electron chi connectivity index (χ1n) is 34.0. The van der Waals surface area contributed by atoms with Crippen molar-refractivity contribution in [3.63, 3.8) is 0 Å². The number of carbonyl (C=O) groups excluding carboxylic acids is 4. The van der Waals surface area contributed by atoms with Gasteiger partial charge >= 0.3 is 5.24 Å². The lowest BCUT2D eigenvalue weighted by Crippen LogP contribution is -2.32. The van der Waals surface area contributed by atoms with E-state index < -0.39 is 26.5 Å². The van der Waals surface area contributed by atoms with Gasteiger partial charge < -0.3 is 84.4 Å². The first-order valence-corrected chi connectivity index (χ1v) is 35.5. The van der Waals surface area contributed by atoms with Gasteiger partial charge in [0.25, 0.3) is 27.2 Å². The maximum Gasteiger partial charge on any atom is 0.341 e. The van der Waals surface area contributed by atoms with Crippen LogP contribution in [-0.2, 0) is 78.3 Å². The van der Waals surface area contributed by atoms with Gasteiger partial charge in [-0.25, -0.2) is 18.0 Å². The number of aromatic amines is 1. The van der Waals surface area contributed by atoms with E-state index in [2.05, 4.69) is 51.8 Å². The van der Waals surface area contributed by atoms with Crippen molar-refractivity contribution in [2.24, 2.45) is 10.2 Å². The van der Waals surface area contributed by atoms with Crippen molar-refractivity contribution in [2.45, 2.75) is 37.1 Å². The van der Waals surface area contributed by atoms with E-state index in [-0.39, 0.29) is 85.5 Å². The summed E-state index contributed by atoms with van der Waals surface area (Å²) in [5.74, 6) is -0.979. The zero-order valence-corrected chi connectivity index (χ0v) is 58.8. The lowest BCUT2D eigenvalue weighted by molar-refractivity contribution is -0.122. The van der Waals surface area contributed by atoms with Crippen molar-refractivity contribution in [1.29, 1.82) is 0 Å². The number of H-pyrrole nitrogens is 1. The van der Waals surface area contributed by atoms with Crippen molar-refractivity contribution >= 4 is 71.9 Å². The van der Waals surface area contributed by atoms with E-state index in [0.29, 0.717) is 168 Å². The third kappa shape index (κ3) is 25.4. The normalized spacial score (nSPS) is 11.6. The van der Waals surface area contributed by atoms with E-state index in [1.54, 1.807) is 78.9 Å². The van der Waals surface area contributed by atoms with Gasteiger partial charge in [0.1, 0.15) is 28.3 Å². The number of para-hydroxylation sites is 1. The van der Waals surface area contributed by atoms with Crippen molar-refractivity contribution < 1.29 is 85.4 Å². The van der Waals surface area contributed by atoms with Gasteiger partial charge in [0.15, 0.2) is 5.69 Å². The average Bonchev–Trinajstić information content (AvgIpc) is 1.41. The van der Waals surface area contributed by atoms with E-state index in [0.717, 1.165) is 27.9 Å². The van der Waals surface area contributed by atoms with Gasteiger partial charge in [-0.15, -0.1) is 0 Å². The molecule has 2 heterocycles. The third-order valence-corrected chi connectivity index (χ3v) is 17.5. The molecule has 0 aliphatic carbocycles. The molecule has 9 rings (SSSR count). The molecule has 105 heavy (non-hydrogen) atoms. The number of azo groups is 1. The predicted molar refractivity (Wildman–Crippen MR) is 387 cm³/mol. The fourth-order valence-electron chi connectivity index (χ4n) is 10.4. The molecule has 0 unspecified atom stereocenters. The second-order valence-corrected chi connectivity index (χ2v) is 25.5. The van der Waals surface area contributed by atoms with Crippen LogP contribution in [0.3, 0.4) is 0 Å². The first-order chi connectivity index (χ1) is 51.1. The number of rotatable bonds is 45. The molecule has 0 saturated carbocycles. The van der Waals surface area contributed by atoms with Crippen LogP contribution in [0.2, 0.25) is 0 Å². The highest BCUT2D eigenvalue weighted by Crippen LogP contribution is 2.37. The lowest BCUT2D eigenvalue weighted by atomic mass is 9.97. The number of benzene rings is 7. The van der Waals surface area contributed by atoms with Gasteiger partial charge in [-0.2, -0.15) is 10.2 Å². The van der Waals surface area contributed by atoms with E-state index in [9.17, 15) is 47.7 Å². The number of phenolic OH excluding ortho intramolecular Hbond substituents is 3. The molecule has 0 bridgehead atoms. The minimum Gasteiger partial charge on any atom is -0.508 e. The second-order valence-electron chi connectivity index (χ2n) is 23.6. The molecular formula is C74H85N11O19S. The van der Waals surface area contributed by atoms with Crippen LogP contribution in [0.4, 0.5) is 21.9 Å². The quantitative estimate of drug-likeness (QED) is 0.0134. The number of amides is 4. The zero-order chi connectivity index (χ0) is 74.0. The Morgan fingerprint density at radius 2 is 1.00 bits per heavy atom. The van der Waals surface area contributed by atoms with Crippen LogP contribution in [0.15, 0.2) is 170 Å². The number of hydrogen-bond acceptors (Lipinski definition) is 25. The number of ether oxygens (including phenoxy) is 8. The molecule has 30 nitrogen and oxygen atoms in total. The van der Waals surface area contributed by atoms with E-state index in [4.69, 9.17) is 42.5 Å². The highest BCUT2D eigenvalue weighted by Gasteiger charge is 2.25. The number of fused-ring (bicyclic) bond motifs is 2. The van der Waals surface area contributed by atoms with E-state index >= 15 is 0 Å². The standard InChI is InChI=1S/C74H85N11O19S/c1-85(50-55-3-2-4-64-69(55)80-73(92)70(79-64)72(91)77-29-25-53-8-22-67(88)62(48-53)61-47-52(7-21-66(61)87)24-28-76-71(90)54-9-20-63-65(49-54)84-104-83-63)58-14-10-56(11-15-58)81-82-57-12-18-60(19-13-57)105(94,95)74(93)78-30-32-97-34-36-99-38-40-101-42-44-103-46-45-102-43-41-100-39-37-98-35-33-96-31-26-68(89)75-27-23-51-5-16-59(86)17-6-51/h2-22,47-49,86-88H,23-46,50H2,1H3,(H,75,89)(H,76,90)(H,77,91)(H,78,93)(H,80,92). The molecular weight excluding hydrogens is 1380 g/mol. The molecule has 2 aromatic heterocycles. The van der Waals surface area contributed by atoms with Crippen LogP contribution in [0.25, 0.3) is 33.2 Å². The Labute approximate surface area is 605 Å². The van der Waals surface area contributed by atoms with Crippen LogP contribution in [0.5, 0.6) is 17.2 Å². The van der Waals surface area contributed by atoms with Gasteiger partial charge in [0.2, 0.25) is 5.91 Å². The fraction of sp³-hybridized carbons (Fsp3) is 0.351. The van der Waals surface area contributed by atoms with Gasteiger partial charge in [-0.05, 0) is 161 Å². The monoisotopic (exact) mass is 1460 g/mol. The molecule has 0 spiro atoms. The summed E-state index contributed by atoms with van der Waals surface area (Å²) in [6, 6.07) is 39.6. The predicted octanol–water partition coefficient (Wildman–Crippen LogP) is 7.61. The maximum absolute atomic E-state index is 13.4. The Kier molecular flexibility index (Phi) is 31.1. The molecule has 0 radical (unpaired) electrons. The number of aromatic hydroxyl groups is 3. The van der Waals surface area contributed by atoms with Crippen LogP contribution in [0, 0.1) is 0 Å². The van der Waals surface area contributed by atoms with Crippen LogP contribution in [0.1, 0.15) is 49.5 Å². The third-order valence-electron chi connectivity index (χ3n) is 16.0. The van der Waals surface area contributed by atoms with Crippen molar-refractivity contribution in [3.05, 3.63) is 189 Å². The molecule has 0 atom stereocenters. The Morgan fingerprint density at radius 1 is 0.505 bits per heavy atom. The number of hydrogen-bond donors (Lipinski definition) is 8.